The van der Waals surface area contributed by atoms with Crippen molar-refractivity contribution >= 4 is 0 Å². The lowest BCUT2D eigenvalue weighted by Crippen LogP contribution is -1.96. The smallest absolute Gasteiger partial charge is 0.220 e. The maximum absolute atomic E-state index is 6.59. The minimum absolute atomic E-state index is 0.542. The molecule has 0 N–H and O–H groups in total. The first-order chi connectivity index (χ1) is 5.36. The van der Waals surface area contributed by atoms with Crippen molar-refractivity contribution in [3.05, 3.63) is 29.4 Å². The summed E-state index contributed by atoms with van der Waals surface area (Å²) >= 11 is 0. The van der Waals surface area contributed by atoms with Crippen LogP contribution >= 0.6 is 0 Å². The first-order valence-corrected chi connectivity index (χ1v) is 3.72. The lowest BCUT2D eigenvalue weighted by atomic mass is 10.3. The van der Waals surface area contributed by atoms with Gasteiger partial charge in [-0.15, -0.1) is 0 Å². The minimum atomic E-state index is 0.542. The first-order valence-electron chi connectivity index (χ1n) is 3.72. The molecule has 0 aliphatic rings. The van der Waals surface area contributed by atoms with Gasteiger partial charge in [0.2, 0.25) is 6.54 Å². The van der Waals surface area contributed by atoms with E-state index in [1.54, 1.807) is 0 Å². The highest BCUT2D eigenvalue weighted by molar-refractivity contribution is 5.00. The molecular formula is C8H11N3. The van der Waals surface area contributed by atoms with E-state index in [1.165, 1.54) is 0 Å². The third kappa shape index (κ3) is 2.08. The molecule has 3 heteroatoms. The fourth-order valence-electron chi connectivity index (χ4n) is 0.884. The maximum Gasteiger partial charge on any atom is 0.220 e. The summed E-state index contributed by atoms with van der Waals surface area (Å²) in [6.07, 6.45) is 2.72. The van der Waals surface area contributed by atoms with Crippen LogP contribution in [0, 0.1) is 6.57 Å². The van der Waals surface area contributed by atoms with Gasteiger partial charge in [0.05, 0.1) is 12.1 Å². The van der Waals surface area contributed by atoms with Crippen molar-refractivity contribution in [2.75, 3.05) is 6.54 Å². The highest BCUT2D eigenvalue weighted by Gasteiger charge is 1.97. The molecular weight excluding hydrogens is 138 g/mol. The second-order valence-corrected chi connectivity index (χ2v) is 2.29. The van der Waals surface area contributed by atoms with Gasteiger partial charge in [-0.3, -0.25) is 4.68 Å². The summed E-state index contributed by atoms with van der Waals surface area (Å²) in [7, 11) is 0. The molecule has 1 aromatic rings. The van der Waals surface area contributed by atoms with E-state index in [4.69, 9.17) is 6.57 Å². The Hall–Kier alpha value is -1.30. The van der Waals surface area contributed by atoms with Crippen LogP contribution in [0.4, 0.5) is 0 Å². The molecule has 0 bridgehead atoms. The topological polar surface area (TPSA) is 22.2 Å². The van der Waals surface area contributed by atoms with Crippen LogP contribution in [0.15, 0.2) is 12.3 Å². The normalized spacial score (nSPS) is 9.45. The van der Waals surface area contributed by atoms with Gasteiger partial charge in [0.15, 0.2) is 0 Å². The molecule has 1 aromatic heterocycles. The van der Waals surface area contributed by atoms with E-state index in [0.29, 0.717) is 6.54 Å². The molecule has 0 saturated heterocycles. The van der Waals surface area contributed by atoms with Crippen molar-refractivity contribution in [3.63, 3.8) is 0 Å². The van der Waals surface area contributed by atoms with Crippen molar-refractivity contribution in [2.45, 2.75) is 19.9 Å². The van der Waals surface area contributed by atoms with Crippen molar-refractivity contribution in [3.8, 4) is 0 Å². The van der Waals surface area contributed by atoms with Crippen LogP contribution < -0.4 is 0 Å². The Bertz CT molecular complexity index is 257. The summed E-state index contributed by atoms with van der Waals surface area (Å²) < 4.78 is 1.87. The minimum Gasteiger partial charge on any atom is -0.317 e. The lowest BCUT2D eigenvalue weighted by Gasteiger charge is -1.90. The van der Waals surface area contributed by atoms with Gasteiger partial charge in [-0.1, -0.05) is 0 Å². The van der Waals surface area contributed by atoms with Crippen molar-refractivity contribution in [1.29, 1.82) is 0 Å². The Balaban J connectivity index is 2.53. The molecule has 1 rings (SSSR count). The zero-order valence-corrected chi connectivity index (χ0v) is 6.62. The third-order valence-electron chi connectivity index (χ3n) is 1.50. The Morgan fingerprint density at radius 3 is 3.09 bits per heavy atom. The van der Waals surface area contributed by atoms with E-state index >= 15 is 0 Å². The Morgan fingerprint density at radius 1 is 1.73 bits per heavy atom. The predicted molar refractivity (Wildman–Crippen MR) is 43.1 cm³/mol. The molecule has 0 aliphatic carbocycles. The number of nitrogens with zero attached hydrogens (tertiary/aromatic N) is 3. The highest BCUT2D eigenvalue weighted by Crippen LogP contribution is 1.96. The largest absolute Gasteiger partial charge is 0.317 e. The van der Waals surface area contributed by atoms with Crippen LogP contribution in [0.5, 0.6) is 0 Å². The van der Waals surface area contributed by atoms with Gasteiger partial charge < -0.3 is 4.85 Å². The molecule has 11 heavy (non-hydrogen) atoms. The van der Waals surface area contributed by atoms with E-state index in [0.717, 1.165) is 18.7 Å². The molecule has 0 spiro atoms. The SMILES string of the molecule is [C-]#[N+]CCc1ccn(CC)n1. The van der Waals surface area contributed by atoms with E-state index in [-0.39, 0.29) is 0 Å². The molecule has 0 aromatic carbocycles. The standard InChI is InChI=1S/C8H11N3/c1-3-11-7-5-8(10-11)4-6-9-2/h5,7H,3-4,6H2,1H3. The molecule has 3 nitrogen and oxygen atoms in total. The number of hydrogen-bond acceptors (Lipinski definition) is 1. The van der Waals surface area contributed by atoms with Crippen molar-refractivity contribution in [1.82, 2.24) is 9.78 Å². The summed E-state index contributed by atoms with van der Waals surface area (Å²) in [4.78, 5) is 3.27. The first kappa shape index (κ1) is 7.80. The fourth-order valence-corrected chi connectivity index (χ4v) is 0.884. The quantitative estimate of drug-likeness (QED) is 0.595. The monoisotopic (exact) mass is 149 g/mol. The number of hydrogen-bond donors (Lipinski definition) is 0. The number of aromatic nitrogens is 2. The maximum atomic E-state index is 6.59. The molecule has 0 atom stereocenters. The van der Waals surface area contributed by atoms with E-state index in [1.807, 2.05) is 23.9 Å². The number of aryl methyl sites for hydroxylation is 1. The van der Waals surface area contributed by atoms with E-state index in [2.05, 4.69) is 9.94 Å². The van der Waals surface area contributed by atoms with Crippen LogP contribution in [0.3, 0.4) is 0 Å². The molecule has 0 amide bonds. The summed E-state index contributed by atoms with van der Waals surface area (Å²) in [6, 6.07) is 1.97. The molecule has 58 valence electrons. The predicted octanol–water partition coefficient (Wildman–Crippen LogP) is 1.36. The van der Waals surface area contributed by atoms with Gasteiger partial charge >= 0.3 is 0 Å². The number of rotatable bonds is 3. The van der Waals surface area contributed by atoms with Gasteiger partial charge in [-0.2, -0.15) is 5.10 Å². The Morgan fingerprint density at radius 2 is 2.55 bits per heavy atom. The molecule has 0 aliphatic heterocycles. The second-order valence-electron chi connectivity index (χ2n) is 2.29. The van der Waals surface area contributed by atoms with Crippen LogP contribution in [-0.4, -0.2) is 16.3 Å². The van der Waals surface area contributed by atoms with Crippen LogP contribution in [-0.2, 0) is 13.0 Å². The van der Waals surface area contributed by atoms with Gasteiger partial charge in [0, 0.05) is 12.7 Å². The Labute approximate surface area is 66.5 Å². The summed E-state index contributed by atoms with van der Waals surface area (Å²) in [5.74, 6) is 0. The molecule has 1 heterocycles. The third-order valence-corrected chi connectivity index (χ3v) is 1.50. The van der Waals surface area contributed by atoms with E-state index < -0.39 is 0 Å². The zero-order valence-electron chi connectivity index (χ0n) is 6.62. The van der Waals surface area contributed by atoms with Crippen LogP contribution in [0.1, 0.15) is 12.6 Å². The van der Waals surface area contributed by atoms with Crippen molar-refractivity contribution < 1.29 is 0 Å². The van der Waals surface area contributed by atoms with Gasteiger partial charge in [-0.05, 0) is 13.0 Å². The molecule has 0 saturated carbocycles. The lowest BCUT2D eigenvalue weighted by molar-refractivity contribution is 0.648. The van der Waals surface area contributed by atoms with Crippen LogP contribution in [0.25, 0.3) is 4.85 Å². The summed E-state index contributed by atoms with van der Waals surface area (Å²) in [6.45, 7) is 10.1. The van der Waals surface area contributed by atoms with E-state index in [9.17, 15) is 0 Å². The Kier molecular flexibility index (Phi) is 2.67. The summed E-state index contributed by atoms with van der Waals surface area (Å²) in [5.41, 5.74) is 1.02. The fraction of sp³-hybridized carbons (Fsp3) is 0.500. The average Bonchev–Trinajstić information content (AvgIpc) is 2.48. The highest BCUT2D eigenvalue weighted by atomic mass is 15.3. The average molecular weight is 149 g/mol. The second kappa shape index (κ2) is 3.77. The van der Waals surface area contributed by atoms with Gasteiger partial charge in [0.1, 0.15) is 0 Å². The van der Waals surface area contributed by atoms with Gasteiger partial charge in [0.25, 0.3) is 0 Å². The van der Waals surface area contributed by atoms with Gasteiger partial charge in [-0.25, -0.2) is 6.57 Å². The van der Waals surface area contributed by atoms with Crippen LogP contribution in [0.2, 0.25) is 0 Å². The summed E-state index contributed by atoms with van der Waals surface area (Å²) in [5, 5.41) is 4.24. The molecule has 0 radical (unpaired) electrons. The van der Waals surface area contributed by atoms with Crippen molar-refractivity contribution in [2.24, 2.45) is 0 Å². The molecule has 0 unspecified atom stereocenters. The zero-order chi connectivity index (χ0) is 8.10. The molecule has 0 fully saturated rings.